The van der Waals surface area contributed by atoms with E-state index in [0.29, 0.717) is 11.4 Å². The summed E-state index contributed by atoms with van der Waals surface area (Å²) in [7, 11) is 0. The van der Waals surface area contributed by atoms with E-state index in [2.05, 4.69) is 15.9 Å². The molecule has 0 radical (unpaired) electrons. The first-order chi connectivity index (χ1) is 11.3. The molecule has 3 heterocycles. The third kappa shape index (κ3) is 2.23. The van der Waals surface area contributed by atoms with Crippen LogP contribution in [-0.2, 0) is 4.74 Å². The molecule has 2 aromatic heterocycles. The van der Waals surface area contributed by atoms with E-state index in [1.165, 1.54) is 0 Å². The minimum Gasteiger partial charge on any atom is -0.444 e. The zero-order valence-electron chi connectivity index (χ0n) is 12.5. The van der Waals surface area contributed by atoms with Crippen LogP contribution in [0.1, 0.15) is 24.8 Å². The highest BCUT2D eigenvalue weighted by molar-refractivity contribution is 5.91. The van der Waals surface area contributed by atoms with Crippen LogP contribution in [-0.4, -0.2) is 28.2 Å². The SMILES string of the molecule is C#Cc1cc(-c2cccnc2)cnc1N1C(=O)OC2CCCC21. The molecular formula is C18H15N3O2. The summed E-state index contributed by atoms with van der Waals surface area (Å²) in [5.74, 6) is 3.16. The molecule has 1 aliphatic carbocycles. The number of carbonyl (C=O) groups is 1. The third-order valence-electron chi connectivity index (χ3n) is 4.44. The van der Waals surface area contributed by atoms with Crippen LogP contribution in [0.15, 0.2) is 36.8 Å². The predicted molar refractivity (Wildman–Crippen MR) is 85.8 cm³/mol. The molecule has 2 atom stereocenters. The second-order valence-corrected chi connectivity index (χ2v) is 5.77. The molecule has 0 N–H and O–H groups in total. The van der Waals surface area contributed by atoms with E-state index < -0.39 is 0 Å². The highest BCUT2D eigenvalue weighted by atomic mass is 16.6. The molecule has 1 amide bonds. The van der Waals surface area contributed by atoms with Crippen molar-refractivity contribution in [2.45, 2.75) is 31.4 Å². The van der Waals surface area contributed by atoms with Gasteiger partial charge < -0.3 is 4.74 Å². The minimum atomic E-state index is -0.349. The largest absolute Gasteiger partial charge is 0.444 e. The fraction of sp³-hybridized carbons (Fsp3) is 0.278. The number of ether oxygens (including phenoxy) is 1. The number of aromatic nitrogens is 2. The molecule has 1 aliphatic heterocycles. The Bertz CT molecular complexity index is 798. The van der Waals surface area contributed by atoms with Crippen LogP contribution in [0, 0.1) is 12.3 Å². The van der Waals surface area contributed by atoms with Crippen LogP contribution in [0.2, 0.25) is 0 Å². The first kappa shape index (κ1) is 13.8. The summed E-state index contributed by atoms with van der Waals surface area (Å²) in [6.45, 7) is 0. The van der Waals surface area contributed by atoms with E-state index >= 15 is 0 Å². The van der Waals surface area contributed by atoms with Gasteiger partial charge in [-0.3, -0.25) is 9.88 Å². The van der Waals surface area contributed by atoms with Crippen molar-refractivity contribution in [3.05, 3.63) is 42.4 Å². The lowest BCUT2D eigenvalue weighted by Gasteiger charge is -2.20. The van der Waals surface area contributed by atoms with Crippen LogP contribution in [0.3, 0.4) is 0 Å². The molecule has 0 spiro atoms. The lowest BCUT2D eigenvalue weighted by atomic mass is 10.1. The maximum atomic E-state index is 12.2. The molecule has 114 valence electrons. The Kier molecular flexibility index (Phi) is 3.23. The van der Waals surface area contributed by atoms with Crippen LogP contribution in [0.5, 0.6) is 0 Å². The molecule has 2 aromatic rings. The topological polar surface area (TPSA) is 55.3 Å². The summed E-state index contributed by atoms with van der Waals surface area (Å²) in [6, 6.07) is 5.72. The van der Waals surface area contributed by atoms with E-state index in [0.717, 1.165) is 30.4 Å². The Labute approximate surface area is 134 Å². The van der Waals surface area contributed by atoms with E-state index in [9.17, 15) is 4.79 Å². The van der Waals surface area contributed by atoms with Crippen molar-refractivity contribution in [3.63, 3.8) is 0 Å². The second kappa shape index (κ2) is 5.40. The lowest BCUT2D eigenvalue weighted by Crippen LogP contribution is -2.35. The minimum absolute atomic E-state index is 0.0343. The normalized spacial score (nSPS) is 22.6. The number of pyridine rings is 2. The standard InChI is InChI=1S/C18H15N3O2/c1-2-12-9-14(13-5-4-8-19-10-13)11-20-17(12)21-15-6-3-7-16(15)23-18(21)22/h1,4-5,8-11,15-16H,3,6-7H2. The molecular weight excluding hydrogens is 290 g/mol. The Morgan fingerprint density at radius 2 is 2.22 bits per heavy atom. The molecule has 5 nitrogen and oxygen atoms in total. The Morgan fingerprint density at radius 3 is 3.00 bits per heavy atom. The molecule has 2 fully saturated rings. The smallest absolute Gasteiger partial charge is 0.416 e. The van der Waals surface area contributed by atoms with Gasteiger partial charge in [0.1, 0.15) is 6.10 Å². The quantitative estimate of drug-likeness (QED) is 0.800. The third-order valence-corrected chi connectivity index (χ3v) is 4.44. The van der Waals surface area contributed by atoms with Gasteiger partial charge in [-0.15, -0.1) is 6.42 Å². The van der Waals surface area contributed by atoms with Gasteiger partial charge in [0.05, 0.1) is 11.6 Å². The molecule has 0 bridgehead atoms. The van der Waals surface area contributed by atoms with E-state index in [1.807, 2.05) is 18.2 Å². The fourth-order valence-electron chi connectivity index (χ4n) is 3.35. The van der Waals surface area contributed by atoms with Gasteiger partial charge in [-0.2, -0.15) is 0 Å². The zero-order chi connectivity index (χ0) is 15.8. The summed E-state index contributed by atoms with van der Waals surface area (Å²) < 4.78 is 5.44. The van der Waals surface area contributed by atoms with Crippen molar-refractivity contribution in [3.8, 4) is 23.5 Å². The van der Waals surface area contributed by atoms with E-state index in [4.69, 9.17) is 11.2 Å². The number of terminal acetylenes is 1. The number of hydrogen-bond donors (Lipinski definition) is 0. The molecule has 1 saturated carbocycles. The van der Waals surface area contributed by atoms with Crippen molar-refractivity contribution < 1.29 is 9.53 Å². The number of rotatable bonds is 2. The van der Waals surface area contributed by atoms with E-state index in [-0.39, 0.29) is 18.2 Å². The number of fused-ring (bicyclic) bond motifs is 1. The number of anilines is 1. The summed E-state index contributed by atoms with van der Waals surface area (Å²) in [5.41, 5.74) is 2.41. The number of hydrogen-bond acceptors (Lipinski definition) is 4. The fourth-order valence-corrected chi connectivity index (χ4v) is 3.35. The van der Waals surface area contributed by atoms with Gasteiger partial charge in [0.25, 0.3) is 0 Å². The van der Waals surface area contributed by atoms with Gasteiger partial charge in [0, 0.05) is 29.7 Å². The molecule has 2 unspecified atom stereocenters. The average molecular weight is 305 g/mol. The maximum absolute atomic E-state index is 12.2. The number of carbonyl (C=O) groups excluding carboxylic acids is 1. The van der Waals surface area contributed by atoms with E-state index in [1.54, 1.807) is 23.5 Å². The van der Waals surface area contributed by atoms with Gasteiger partial charge in [0.15, 0.2) is 5.82 Å². The van der Waals surface area contributed by atoms with Crippen molar-refractivity contribution in [2.24, 2.45) is 0 Å². The Morgan fingerprint density at radius 1 is 1.30 bits per heavy atom. The van der Waals surface area contributed by atoms with Gasteiger partial charge in [0.2, 0.25) is 0 Å². The maximum Gasteiger partial charge on any atom is 0.416 e. The van der Waals surface area contributed by atoms with Gasteiger partial charge >= 0.3 is 6.09 Å². The number of nitrogens with zero attached hydrogens (tertiary/aromatic N) is 3. The molecule has 0 aromatic carbocycles. The van der Waals surface area contributed by atoms with Crippen LogP contribution in [0.4, 0.5) is 10.6 Å². The Hall–Kier alpha value is -2.87. The summed E-state index contributed by atoms with van der Waals surface area (Å²) in [6.07, 6.45) is 13.4. The average Bonchev–Trinajstić information content (AvgIpc) is 3.15. The summed E-state index contributed by atoms with van der Waals surface area (Å²) in [4.78, 5) is 22.4. The van der Waals surface area contributed by atoms with Crippen molar-refractivity contribution in [1.29, 1.82) is 0 Å². The molecule has 4 rings (SSSR count). The number of amides is 1. The van der Waals surface area contributed by atoms with Gasteiger partial charge in [-0.1, -0.05) is 12.0 Å². The molecule has 2 aliphatic rings. The summed E-state index contributed by atoms with van der Waals surface area (Å²) >= 11 is 0. The molecule has 5 heteroatoms. The lowest BCUT2D eigenvalue weighted by molar-refractivity contribution is 0.138. The predicted octanol–water partition coefficient (Wildman–Crippen LogP) is 3.00. The first-order valence-corrected chi connectivity index (χ1v) is 7.65. The highest BCUT2D eigenvalue weighted by Gasteiger charge is 2.46. The van der Waals surface area contributed by atoms with Crippen LogP contribution in [0.25, 0.3) is 11.1 Å². The van der Waals surface area contributed by atoms with Crippen molar-refractivity contribution in [1.82, 2.24) is 9.97 Å². The summed E-state index contributed by atoms with van der Waals surface area (Å²) in [5, 5.41) is 0. The second-order valence-electron chi connectivity index (χ2n) is 5.77. The highest BCUT2D eigenvalue weighted by Crippen LogP contribution is 2.37. The van der Waals surface area contributed by atoms with Crippen LogP contribution >= 0.6 is 0 Å². The van der Waals surface area contributed by atoms with Crippen LogP contribution < -0.4 is 4.90 Å². The monoisotopic (exact) mass is 305 g/mol. The molecule has 1 saturated heterocycles. The van der Waals surface area contributed by atoms with Gasteiger partial charge in [-0.05, 0) is 31.4 Å². The first-order valence-electron chi connectivity index (χ1n) is 7.65. The Balaban J connectivity index is 1.75. The molecule has 23 heavy (non-hydrogen) atoms. The van der Waals surface area contributed by atoms with Crippen molar-refractivity contribution >= 4 is 11.9 Å². The van der Waals surface area contributed by atoms with Gasteiger partial charge in [-0.25, -0.2) is 9.78 Å². The zero-order valence-corrected chi connectivity index (χ0v) is 12.5. The van der Waals surface area contributed by atoms with Crippen molar-refractivity contribution in [2.75, 3.05) is 4.90 Å².